The molecule has 2 aromatic carbocycles. The second kappa shape index (κ2) is 6.91. The van der Waals surface area contributed by atoms with Gasteiger partial charge in [-0.25, -0.2) is 8.78 Å². The van der Waals surface area contributed by atoms with Gasteiger partial charge in [0, 0.05) is 10.5 Å². The SMILES string of the molecule is CC(OCc1ccc(Br)cc1)C(=O)c1ccc(F)cc1F. The van der Waals surface area contributed by atoms with Crippen molar-refractivity contribution >= 4 is 21.7 Å². The summed E-state index contributed by atoms with van der Waals surface area (Å²) in [6.07, 6.45) is -0.811. The van der Waals surface area contributed by atoms with E-state index in [1.807, 2.05) is 24.3 Å². The molecule has 110 valence electrons. The number of Topliss-reactive ketones (excluding diaryl/α,β-unsaturated/α-hetero) is 1. The number of benzene rings is 2. The summed E-state index contributed by atoms with van der Waals surface area (Å²) >= 11 is 3.33. The third-order valence-electron chi connectivity index (χ3n) is 2.98. The summed E-state index contributed by atoms with van der Waals surface area (Å²) in [6, 6.07) is 10.3. The van der Waals surface area contributed by atoms with E-state index in [1.54, 1.807) is 6.92 Å². The summed E-state index contributed by atoms with van der Waals surface area (Å²) in [7, 11) is 0. The van der Waals surface area contributed by atoms with E-state index in [4.69, 9.17) is 4.74 Å². The molecule has 0 aromatic heterocycles. The van der Waals surface area contributed by atoms with E-state index in [1.165, 1.54) is 0 Å². The van der Waals surface area contributed by atoms with Crippen molar-refractivity contribution in [1.82, 2.24) is 0 Å². The van der Waals surface area contributed by atoms with E-state index < -0.39 is 23.5 Å². The monoisotopic (exact) mass is 354 g/mol. The van der Waals surface area contributed by atoms with Gasteiger partial charge in [0.1, 0.15) is 17.7 Å². The van der Waals surface area contributed by atoms with Crippen molar-refractivity contribution in [2.24, 2.45) is 0 Å². The Morgan fingerprint density at radius 2 is 1.86 bits per heavy atom. The molecule has 0 N–H and O–H groups in total. The maximum atomic E-state index is 13.5. The Labute approximate surface area is 129 Å². The zero-order valence-corrected chi connectivity index (χ0v) is 12.9. The fraction of sp³-hybridized carbons (Fsp3) is 0.188. The van der Waals surface area contributed by atoms with E-state index in [0.29, 0.717) is 6.07 Å². The van der Waals surface area contributed by atoms with Gasteiger partial charge in [0.25, 0.3) is 0 Å². The molecule has 2 aromatic rings. The Balaban J connectivity index is 2.00. The average Bonchev–Trinajstić information content (AvgIpc) is 2.45. The lowest BCUT2D eigenvalue weighted by atomic mass is 10.1. The Morgan fingerprint density at radius 1 is 1.19 bits per heavy atom. The second-order valence-electron chi connectivity index (χ2n) is 4.57. The van der Waals surface area contributed by atoms with Crippen molar-refractivity contribution in [2.45, 2.75) is 19.6 Å². The number of rotatable bonds is 5. The van der Waals surface area contributed by atoms with E-state index in [-0.39, 0.29) is 12.2 Å². The van der Waals surface area contributed by atoms with E-state index >= 15 is 0 Å². The minimum atomic E-state index is -0.876. The van der Waals surface area contributed by atoms with Gasteiger partial charge in [0.15, 0.2) is 5.78 Å². The Hall–Kier alpha value is -1.59. The first kappa shape index (κ1) is 15.8. The van der Waals surface area contributed by atoms with Gasteiger partial charge in [0.05, 0.1) is 12.2 Å². The molecule has 21 heavy (non-hydrogen) atoms. The van der Waals surface area contributed by atoms with Crippen LogP contribution in [0.25, 0.3) is 0 Å². The predicted molar refractivity (Wildman–Crippen MR) is 79.1 cm³/mol. The highest BCUT2D eigenvalue weighted by atomic mass is 79.9. The molecule has 2 nitrogen and oxygen atoms in total. The Kier molecular flexibility index (Phi) is 5.20. The zero-order chi connectivity index (χ0) is 15.4. The van der Waals surface area contributed by atoms with Crippen LogP contribution < -0.4 is 0 Å². The van der Waals surface area contributed by atoms with Crippen LogP contribution in [0, 0.1) is 11.6 Å². The number of hydrogen-bond donors (Lipinski definition) is 0. The van der Waals surface area contributed by atoms with Crippen molar-refractivity contribution in [3.05, 3.63) is 69.7 Å². The van der Waals surface area contributed by atoms with Gasteiger partial charge < -0.3 is 4.74 Å². The van der Waals surface area contributed by atoms with Crippen LogP contribution in [0.2, 0.25) is 0 Å². The van der Waals surface area contributed by atoms with Crippen molar-refractivity contribution in [1.29, 1.82) is 0 Å². The molecular formula is C16H13BrF2O2. The molecule has 0 aliphatic rings. The lowest BCUT2D eigenvalue weighted by Crippen LogP contribution is -2.22. The number of carbonyl (C=O) groups excluding carboxylic acids is 1. The summed E-state index contributed by atoms with van der Waals surface area (Å²) in [6.45, 7) is 1.78. The number of hydrogen-bond acceptors (Lipinski definition) is 2. The molecular weight excluding hydrogens is 342 g/mol. The van der Waals surface area contributed by atoms with Crippen molar-refractivity contribution in [3.8, 4) is 0 Å². The van der Waals surface area contributed by atoms with Gasteiger partial charge in [-0.3, -0.25) is 4.79 Å². The number of ether oxygens (including phenoxy) is 1. The fourth-order valence-electron chi connectivity index (χ4n) is 1.79. The topological polar surface area (TPSA) is 26.3 Å². The number of ketones is 1. The zero-order valence-electron chi connectivity index (χ0n) is 11.3. The molecule has 0 bridgehead atoms. The number of carbonyl (C=O) groups is 1. The van der Waals surface area contributed by atoms with Crippen LogP contribution in [0.5, 0.6) is 0 Å². The summed E-state index contributed by atoms with van der Waals surface area (Å²) < 4.78 is 32.8. The minimum absolute atomic E-state index is 0.167. The third-order valence-corrected chi connectivity index (χ3v) is 3.51. The van der Waals surface area contributed by atoms with Gasteiger partial charge in [-0.2, -0.15) is 0 Å². The van der Waals surface area contributed by atoms with Crippen LogP contribution in [0.15, 0.2) is 46.9 Å². The van der Waals surface area contributed by atoms with Gasteiger partial charge in [-0.05, 0) is 36.8 Å². The predicted octanol–water partition coefficient (Wildman–Crippen LogP) is 4.52. The van der Waals surface area contributed by atoms with Gasteiger partial charge >= 0.3 is 0 Å². The second-order valence-corrected chi connectivity index (χ2v) is 5.48. The summed E-state index contributed by atoms with van der Waals surface area (Å²) in [5.74, 6) is -2.10. The van der Waals surface area contributed by atoms with E-state index in [2.05, 4.69) is 15.9 Å². The standard InChI is InChI=1S/C16H13BrF2O2/c1-10(21-9-11-2-4-12(17)5-3-11)16(20)14-7-6-13(18)8-15(14)19/h2-8,10H,9H2,1H3. The molecule has 0 spiro atoms. The molecule has 5 heteroatoms. The van der Waals surface area contributed by atoms with E-state index in [9.17, 15) is 13.6 Å². The molecule has 0 radical (unpaired) electrons. The smallest absolute Gasteiger partial charge is 0.194 e. The van der Waals surface area contributed by atoms with Crippen molar-refractivity contribution in [2.75, 3.05) is 0 Å². The first-order valence-corrected chi connectivity index (χ1v) is 7.12. The molecule has 0 fully saturated rings. The van der Waals surface area contributed by atoms with E-state index in [0.717, 1.165) is 22.2 Å². The Morgan fingerprint density at radius 3 is 2.48 bits per heavy atom. The molecule has 0 heterocycles. The highest BCUT2D eigenvalue weighted by Crippen LogP contribution is 2.15. The maximum Gasteiger partial charge on any atom is 0.194 e. The van der Waals surface area contributed by atoms with Gasteiger partial charge in [-0.1, -0.05) is 28.1 Å². The van der Waals surface area contributed by atoms with Crippen LogP contribution in [-0.2, 0) is 11.3 Å². The fourth-order valence-corrected chi connectivity index (χ4v) is 2.05. The quantitative estimate of drug-likeness (QED) is 0.738. The lowest BCUT2D eigenvalue weighted by molar-refractivity contribution is 0.0408. The van der Waals surface area contributed by atoms with Crippen LogP contribution in [0.4, 0.5) is 8.78 Å². The Bertz CT molecular complexity index is 641. The molecule has 2 rings (SSSR count). The molecule has 0 saturated carbocycles. The van der Waals surface area contributed by atoms with Crippen molar-refractivity contribution < 1.29 is 18.3 Å². The summed E-state index contributed by atoms with van der Waals surface area (Å²) in [4.78, 5) is 12.1. The van der Waals surface area contributed by atoms with Gasteiger partial charge in [-0.15, -0.1) is 0 Å². The molecule has 1 atom stereocenters. The molecule has 0 saturated heterocycles. The van der Waals surface area contributed by atoms with Crippen molar-refractivity contribution in [3.63, 3.8) is 0 Å². The lowest BCUT2D eigenvalue weighted by Gasteiger charge is -2.13. The maximum absolute atomic E-state index is 13.5. The molecule has 0 aliphatic heterocycles. The highest BCUT2D eigenvalue weighted by Gasteiger charge is 2.19. The summed E-state index contributed by atoms with van der Waals surface area (Å²) in [5.41, 5.74) is 0.733. The largest absolute Gasteiger partial charge is 0.366 e. The average molecular weight is 355 g/mol. The molecule has 1 unspecified atom stereocenters. The molecule has 0 amide bonds. The first-order chi connectivity index (χ1) is 9.97. The highest BCUT2D eigenvalue weighted by molar-refractivity contribution is 9.10. The van der Waals surface area contributed by atoms with Crippen LogP contribution >= 0.6 is 15.9 Å². The number of halogens is 3. The van der Waals surface area contributed by atoms with Gasteiger partial charge in [0.2, 0.25) is 0 Å². The van der Waals surface area contributed by atoms with Crippen LogP contribution in [0.1, 0.15) is 22.8 Å². The normalized spacial score (nSPS) is 12.2. The van der Waals surface area contributed by atoms with Crippen LogP contribution in [0.3, 0.4) is 0 Å². The minimum Gasteiger partial charge on any atom is -0.366 e. The third kappa shape index (κ3) is 4.19. The summed E-state index contributed by atoms with van der Waals surface area (Å²) in [5, 5.41) is 0. The first-order valence-electron chi connectivity index (χ1n) is 6.32. The molecule has 0 aliphatic carbocycles. The van der Waals surface area contributed by atoms with Crippen LogP contribution in [-0.4, -0.2) is 11.9 Å².